The van der Waals surface area contributed by atoms with Gasteiger partial charge < -0.3 is 9.84 Å². The molecule has 4 heteroatoms. The SMILES string of the molecule is CCOC(=O)CC1(O)C=C(C)C(=O)C=C1C. The topological polar surface area (TPSA) is 63.6 Å². The third-order valence-corrected chi connectivity index (χ3v) is 2.59. The first-order chi connectivity index (χ1) is 7.39. The van der Waals surface area contributed by atoms with E-state index in [-0.39, 0.29) is 18.8 Å². The van der Waals surface area contributed by atoms with Gasteiger partial charge in [-0.1, -0.05) is 0 Å². The Bertz CT molecular complexity index is 378. The molecular formula is C12H16O4. The fourth-order valence-electron chi connectivity index (χ4n) is 1.60. The van der Waals surface area contributed by atoms with Crippen molar-refractivity contribution in [2.24, 2.45) is 0 Å². The Morgan fingerprint density at radius 1 is 1.50 bits per heavy atom. The zero-order valence-corrected chi connectivity index (χ0v) is 9.74. The van der Waals surface area contributed by atoms with Gasteiger partial charge in [0.1, 0.15) is 5.60 Å². The highest BCUT2D eigenvalue weighted by molar-refractivity contribution is 6.05. The number of hydrogen-bond acceptors (Lipinski definition) is 4. The molecule has 1 rings (SSSR count). The highest BCUT2D eigenvalue weighted by atomic mass is 16.5. The fourth-order valence-corrected chi connectivity index (χ4v) is 1.60. The molecular weight excluding hydrogens is 208 g/mol. The van der Waals surface area contributed by atoms with Crippen molar-refractivity contribution >= 4 is 11.8 Å². The van der Waals surface area contributed by atoms with Gasteiger partial charge in [-0.05, 0) is 44.1 Å². The van der Waals surface area contributed by atoms with Crippen molar-refractivity contribution in [3.05, 3.63) is 23.3 Å². The van der Waals surface area contributed by atoms with Crippen LogP contribution in [0.25, 0.3) is 0 Å². The van der Waals surface area contributed by atoms with E-state index in [1.165, 1.54) is 12.2 Å². The van der Waals surface area contributed by atoms with Crippen LogP contribution in [-0.2, 0) is 14.3 Å². The van der Waals surface area contributed by atoms with E-state index in [9.17, 15) is 14.7 Å². The molecule has 0 aromatic heterocycles. The second-order valence-electron chi connectivity index (χ2n) is 3.93. The Kier molecular flexibility index (Phi) is 3.65. The summed E-state index contributed by atoms with van der Waals surface area (Å²) in [4.78, 5) is 22.7. The van der Waals surface area contributed by atoms with E-state index in [1.807, 2.05) is 0 Å². The summed E-state index contributed by atoms with van der Waals surface area (Å²) < 4.78 is 4.78. The molecule has 0 saturated heterocycles. The molecule has 0 fully saturated rings. The van der Waals surface area contributed by atoms with E-state index in [0.29, 0.717) is 11.1 Å². The summed E-state index contributed by atoms with van der Waals surface area (Å²) in [5.74, 6) is -0.609. The van der Waals surface area contributed by atoms with E-state index in [0.717, 1.165) is 0 Å². The molecule has 1 unspecified atom stereocenters. The minimum atomic E-state index is -1.38. The van der Waals surface area contributed by atoms with E-state index >= 15 is 0 Å². The molecule has 4 nitrogen and oxygen atoms in total. The van der Waals surface area contributed by atoms with Crippen LogP contribution in [0.15, 0.2) is 23.3 Å². The van der Waals surface area contributed by atoms with E-state index in [4.69, 9.17) is 4.74 Å². The molecule has 16 heavy (non-hydrogen) atoms. The fraction of sp³-hybridized carbons (Fsp3) is 0.500. The van der Waals surface area contributed by atoms with Crippen molar-refractivity contribution in [3.8, 4) is 0 Å². The maximum absolute atomic E-state index is 11.3. The quantitative estimate of drug-likeness (QED) is 0.730. The molecule has 0 heterocycles. The molecule has 0 radical (unpaired) electrons. The number of allylic oxidation sites excluding steroid dienone is 2. The van der Waals surface area contributed by atoms with Gasteiger partial charge in [-0.25, -0.2) is 0 Å². The van der Waals surface area contributed by atoms with Gasteiger partial charge in [-0.15, -0.1) is 0 Å². The van der Waals surface area contributed by atoms with Gasteiger partial charge in [0.25, 0.3) is 0 Å². The average Bonchev–Trinajstić information content (AvgIpc) is 2.15. The summed E-state index contributed by atoms with van der Waals surface area (Å²) in [7, 11) is 0. The van der Waals surface area contributed by atoms with Gasteiger partial charge in [-0.3, -0.25) is 9.59 Å². The molecule has 1 atom stereocenters. The number of aliphatic hydroxyl groups is 1. The van der Waals surface area contributed by atoms with Crippen LogP contribution < -0.4 is 0 Å². The van der Waals surface area contributed by atoms with Gasteiger partial charge in [0.2, 0.25) is 0 Å². The lowest BCUT2D eigenvalue weighted by Crippen LogP contribution is -2.35. The van der Waals surface area contributed by atoms with Crippen LogP contribution >= 0.6 is 0 Å². The van der Waals surface area contributed by atoms with Crippen LogP contribution in [0, 0.1) is 0 Å². The first-order valence-corrected chi connectivity index (χ1v) is 5.19. The van der Waals surface area contributed by atoms with Crippen molar-refractivity contribution in [1.82, 2.24) is 0 Å². The van der Waals surface area contributed by atoms with Crippen LogP contribution in [0.1, 0.15) is 27.2 Å². The smallest absolute Gasteiger partial charge is 0.309 e. The maximum Gasteiger partial charge on any atom is 0.309 e. The molecule has 0 saturated carbocycles. The highest BCUT2D eigenvalue weighted by Gasteiger charge is 2.34. The van der Waals surface area contributed by atoms with Gasteiger partial charge in [0.05, 0.1) is 13.0 Å². The van der Waals surface area contributed by atoms with Crippen LogP contribution in [0.5, 0.6) is 0 Å². The van der Waals surface area contributed by atoms with Crippen molar-refractivity contribution < 1.29 is 19.4 Å². The molecule has 0 amide bonds. The molecule has 0 aromatic carbocycles. The highest BCUT2D eigenvalue weighted by Crippen LogP contribution is 2.28. The summed E-state index contributed by atoms with van der Waals surface area (Å²) >= 11 is 0. The zero-order chi connectivity index (χ0) is 12.3. The van der Waals surface area contributed by atoms with Gasteiger partial charge in [-0.2, -0.15) is 0 Å². The van der Waals surface area contributed by atoms with Crippen LogP contribution in [0.2, 0.25) is 0 Å². The number of carbonyl (C=O) groups is 2. The summed E-state index contributed by atoms with van der Waals surface area (Å²) in [6.45, 7) is 5.22. The number of ether oxygens (including phenoxy) is 1. The Morgan fingerprint density at radius 3 is 2.69 bits per heavy atom. The molecule has 0 aromatic rings. The van der Waals surface area contributed by atoms with E-state index < -0.39 is 11.6 Å². The normalized spacial score (nSPS) is 24.9. The Morgan fingerprint density at radius 2 is 2.12 bits per heavy atom. The van der Waals surface area contributed by atoms with Crippen molar-refractivity contribution in [3.63, 3.8) is 0 Å². The molecule has 1 N–H and O–H groups in total. The molecule has 0 spiro atoms. The summed E-state index contributed by atoms with van der Waals surface area (Å²) in [5.41, 5.74) is -0.474. The van der Waals surface area contributed by atoms with E-state index in [2.05, 4.69) is 0 Å². The molecule has 0 aliphatic heterocycles. The minimum Gasteiger partial charge on any atom is -0.466 e. The largest absolute Gasteiger partial charge is 0.466 e. The molecule has 1 aliphatic carbocycles. The second-order valence-corrected chi connectivity index (χ2v) is 3.93. The first-order valence-electron chi connectivity index (χ1n) is 5.19. The lowest BCUT2D eigenvalue weighted by molar-refractivity contribution is -0.146. The lowest BCUT2D eigenvalue weighted by Gasteiger charge is -2.28. The van der Waals surface area contributed by atoms with Crippen LogP contribution in [0.4, 0.5) is 0 Å². The van der Waals surface area contributed by atoms with Crippen LogP contribution in [-0.4, -0.2) is 29.1 Å². The average molecular weight is 224 g/mol. The van der Waals surface area contributed by atoms with Gasteiger partial charge in [0.15, 0.2) is 5.78 Å². The predicted octanol–water partition coefficient (Wildman–Crippen LogP) is 1.15. The van der Waals surface area contributed by atoms with Crippen molar-refractivity contribution in [2.45, 2.75) is 32.8 Å². The first kappa shape index (κ1) is 12.6. The molecule has 88 valence electrons. The summed E-state index contributed by atoms with van der Waals surface area (Å²) in [6, 6.07) is 0. The lowest BCUT2D eigenvalue weighted by atomic mass is 9.83. The number of carbonyl (C=O) groups excluding carboxylic acids is 2. The van der Waals surface area contributed by atoms with Gasteiger partial charge in [0, 0.05) is 0 Å². The third-order valence-electron chi connectivity index (χ3n) is 2.59. The minimum absolute atomic E-state index is 0.133. The number of hydrogen-bond donors (Lipinski definition) is 1. The number of ketones is 1. The van der Waals surface area contributed by atoms with Gasteiger partial charge >= 0.3 is 5.97 Å². The Hall–Kier alpha value is -1.42. The monoisotopic (exact) mass is 224 g/mol. The summed E-state index contributed by atoms with van der Waals surface area (Å²) in [6.07, 6.45) is 2.62. The second kappa shape index (κ2) is 4.61. The Balaban J connectivity index is 2.88. The number of rotatable bonds is 3. The molecule has 0 bridgehead atoms. The van der Waals surface area contributed by atoms with Crippen LogP contribution in [0.3, 0.4) is 0 Å². The standard InChI is InChI=1S/C12H16O4/c1-4-16-11(14)7-12(15)6-8(2)10(13)5-9(12)3/h5-6,15H,4,7H2,1-3H3. The molecule has 1 aliphatic rings. The number of esters is 1. The summed E-state index contributed by atoms with van der Waals surface area (Å²) in [5, 5.41) is 10.2. The third kappa shape index (κ3) is 2.58. The maximum atomic E-state index is 11.3. The predicted molar refractivity (Wildman–Crippen MR) is 58.7 cm³/mol. The van der Waals surface area contributed by atoms with E-state index in [1.54, 1.807) is 20.8 Å². The zero-order valence-electron chi connectivity index (χ0n) is 9.74. The van der Waals surface area contributed by atoms with Crippen molar-refractivity contribution in [1.29, 1.82) is 0 Å². The van der Waals surface area contributed by atoms with Crippen molar-refractivity contribution in [2.75, 3.05) is 6.61 Å². The Labute approximate surface area is 94.6 Å².